The van der Waals surface area contributed by atoms with Crippen molar-refractivity contribution in [3.8, 4) is 0 Å². The molecule has 0 spiro atoms. The molecule has 0 saturated carbocycles. The first-order valence-corrected chi connectivity index (χ1v) is 4.88. The smallest absolute Gasteiger partial charge is 0.0595 e. The van der Waals surface area contributed by atoms with Crippen molar-refractivity contribution in [2.45, 2.75) is 33.3 Å². The molecule has 1 saturated heterocycles. The molecule has 0 aliphatic carbocycles. The molecule has 0 aromatic carbocycles. The molecule has 2 nitrogen and oxygen atoms in total. The highest BCUT2D eigenvalue weighted by molar-refractivity contribution is 4.78. The average molecular weight is 172 g/mol. The van der Waals surface area contributed by atoms with Crippen LogP contribution in [0, 0.1) is 17.8 Å². The van der Waals surface area contributed by atoms with Crippen LogP contribution in [0.1, 0.15) is 27.2 Å². The van der Waals surface area contributed by atoms with Crippen LogP contribution in [0.2, 0.25) is 0 Å². The van der Waals surface area contributed by atoms with Crippen LogP contribution in [0.25, 0.3) is 0 Å². The van der Waals surface area contributed by atoms with Gasteiger partial charge in [-0.1, -0.05) is 20.8 Å². The zero-order valence-electron chi connectivity index (χ0n) is 8.29. The first-order chi connectivity index (χ1) is 5.63. The number of ether oxygens (including phenoxy) is 1. The number of aliphatic hydroxyl groups excluding tert-OH is 1. The van der Waals surface area contributed by atoms with Crippen LogP contribution in [0.15, 0.2) is 0 Å². The van der Waals surface area contributed by atoms with E-state index in [-0.39, 0.29) is 6.10 Å². The van der Waals surface area contributed by atoms with Crippen molar-refractivity contribution >= 4 is 0 Å². The number of aliphatic hydroxyl groups is 1. The van der Waals surface area contributed by atoms with Gasteiger partial charge in [-0.3, -0.25) is 0 Å². The SMILES string of the molecule is CC(C)C(O)C1CCOCC1C. The summed E-state index contributed by atoms with van der Waals surface area (Å²) in [5.74, 6) is 1.32. The lowest BCUT2D eigenvalue weighted by molar-refractivity contribution is -0.0450. The molecule has 0 amide bonds. The van der Waals surface area contributed by atoms with Crippen LogP contribution in [0.3, 0.4) is 0 Å². The van der Waals surface area contributed by atoms with Crippen LogP contribution in [-0.2, 0) is 4.74 Å². The monoisotopic (exact) mass is 172 g/mol. The molecule has 1 N–H and O–H groups in total. The summed E-state index contributed by atoms with van der Waals surface area (Å²) in [5, 5.41) is 9.87. The fourth-order valence-electron chi connectivity index (χ4n) is 1.90. The predicted octanol–water partition coefficient (Wildman–Crippen LogP) is 1.68. The van der Waals surface area contributed by atoms with Gasteiger partial charge in [-0.15, -0.1) is 0 Å². The second kappa shape index (κ2) is 4.24. The molecular formula is C10H20O2. The van der Waals surface area contributed by atoms with E-state index in [4.69, 9.17) is 4.74 Å². The van der Waals surface area contributed by atoms with E-state index < -0.39 is 0 Å². The van der Waals surface area contributed by atoms with E-state index in [9.17, 15) is 5.11 Å². The van der Waals surface area contributed by atoms with Crippen molar-refractivity contribution in [3.05, 3.63) is 0 Å². The van der Waals surface area contributed by atoms with Crippen LogP contribution in [0.4, 0.5) is 0 Å². The number of rotatable bonds is 2. The molecule has 1 aliphatic heterocycles. The summed E-state index contributed by atoms with van der Waals surface area (Å²) >= 11 is 0. The van der Waals surface area contributed by atoms with Crippen molar-refractivity contribution in [2.75, 3.05) is 13.2 Å². The van der Waals surface area contributed by atoms with E-state index in [1.165, 1.54) is 0 Å². The van der Waals surface area contributed by atoms with E-state index in [2.05, 4.69) is 20.8 Å². The van der Waals surface area contributed by atoms with E-state index in [1.807, 2.05) is 0 Å². The molecule has 0 aromatic heterocycles. The van der Waals surface area contributed by atoms with Crippen LogP contribution >= 0.6 is 0 Å². The van der Waals surface area contributed by atoms with Gasteiger partial charge >= 0.3 is 0 Å². The minimum absolute atomic E-state index is 0.149. The number of hydrogen-bond acceptors (Lipinski definition) is 2. The Morgan fingerprint density at radius 2 is 2.08 bits per heavy atom. The molecular weight excluding hydrogens is 152 g/mol. The lowest BCUT2D eigenvalue weighted by atomic mass is 9.81. The maximum atomic E-state index is 9.87. The Labute approximate surface area is 74.9 Å². The Morgan fingerprint density at radius 3 is 2.58 bits per heavy atom. The van der Waals surface area contributed by atoms with Crippen molar-refractivity contribution in [1.29, 1.82) is 0 Å². The Balaban J connectivity index is 2.47. The first kappa shape index (κ1) is 10.0. The number of hydrogen-bond donors (Lipinski definition) is 1. The molecule has 3 unspecified atom stereocenters. The molecule has 1 heterocycles. The summed E-state index contributed by atoms with van der Waals surface area (Å²) in [7, 11) is 0. The molecule has 1 rings (SSSR count). The van der Waals surface area contributed by atoms with Crippen LogP contribution < -0.4 is 0 Å². The van der Waals surface area contributed by atoms with E-state index >= 15 is 0 Å². The fourth-order valence-corrected chi connectivity index (χ4v) is 1.90. The molecule has 12 heavy (non-hydrogen) atoms. The maximum Gasteiger partial charge on any atom is 0.0595 e. The third-order valence-corrected chi connectivity index (χ3v) is 2.83. The molecule has 1 fully saturated rings. The van der Waals surface area contributed by atoms with Gasteiger partial charge in [0.15, 0.2) is 0 Å². The second-order valence-corrected chi connectivity index (χ2v) is 4.24. The maximum absolute atomic E-state index is 9.87. The lowest BCUT2D eigenvalue weighted by Gasteiger charge is -2.34. The van der Waals surface area contributed by atoms with Crippen LogP contribution in [0.5, 0.6) is 0 Å². The third-order valence-electron chi connectivity index (χ3n) is 2.83. The Hall–Kier alpha value is -0.0800. The first-order valence-electron chi connectivity index (χ1n) is 4.88. The normalized spacial score (nSPS) is 33.8. The summed E-state index contributed by atoms with van der Waals surface area (Å²) < 4.78 is 5.33. The highest BCUT2D eigenvalue weighted by Crippen LogP contribution is 2.27. The quantitative estimate of drug-likeness (QED) is 0.686. The predicted molar refractivity (Wildman–Crippen MR) is 48.9 cm³/mol. The van der Waals surface area contributed by atoms with Crippen LogP contribution in [-0.4, -0.2) is 24.4 Å². The molecule has 1 aliphatic rings. The highest BCUT2D eigenvalue weighted by Gasteiger charge is 2.29. The van der Waals surface area contributed by atoms with Gasteiger partial charge in [-0.25, -0.2) is 0 Å². The summed E-state index contributed by atoms with van der Waals surface area (Å²) in [6.45, 7) is 7.95. The average Bonchev–Trinajstić information content (AvgIpc) is 2.04. The molecule has 0 radical (unpaired) electrons. The Morgan fingerprint density at radius 1 is 1.42 bits per heavy atom. The van der Waals surface area contributed by atoms with Crippen molar-refractivity contribution in [1.82, 2.24) is 0 Å². The minimum Gasteiger partial charge on any atom is -0.393 e. The zero-order chi connectivity index (χ0) is 9.14. The van der Waals surface area contributed by atoms with E-state index in [1.54, 1.807) is 0 Å². The van der Waals surface area contributed by atoms with E-state index in [0.717, 1.165) is 19.6 Å². The fraction of sp³-hybridized carbons (Fsp3) is 1.00. The summed E-state index contributed by atoms with van der Waals surface area (Å²) in [4.78, 5) is 0. The van der Waals surface area contributed by atoms with Crippen molar-refractivity contribution in [2.24, 2.45) is 17.8 Å². The highest BCUT2D eigenvalue weighted by atomic mass is 16.5. The van der Waals surface area contributed by atoms with Gasteiger partial charge in [-0.2, -0.15) is 0 Å². The lowest BCUT2D eigenvalue weighted by Crippen LogP contribution is -2.36. The van der Waals surface area contributed by atoms with Gasteiger partial charge in [0.05, 0.1) is 6.10 Å². The summed E-state index contributed by atoms with van der Waals surface area (Å²) in [5.41, 5.74) is 0. The zero-order valence-corrected chi connectivity index (χ0v) is 8.29. The Bertz CT molecular complexity index is 134. The van der Waals surface area contributed by atoms with Crippen molar-refractivity contribution < 1.29 is 9.84 Å². The summed E-state index contributed by atoms with van der Waals surface area (Å²) in [6.07, 6.45) is 0.865. The molecule has 72 valence electrons. The van der Waals surface area contributed by atoms with Gasteiger partial charge in [0.2, 0.25) is 0 Å². The molecule has 2 heteroatoms. The van der Waals surface area contributed by atoms with Gasteiger partial charge in [0, 0.05) is 13.2 Å². The van der Waals surface area contributed by atoms with Gasteiger partial charge in [0.25, 0.3) is 0 Å². The largest absolute Gasteiger partial charge is 0.393 e. The summed E-state index contributed by atoms with van der Waals surface area (Å²) in [6, 6.07) is 0. The van der Waals surface area contributed by atoms with E-state index in [0.29, 0.717) is 17.8 Å². The second-order valence-electron chi connectivity index (χ2n) is 4.24. The van der Waals surface area contributed by atoms with Gasteiger partial charge < -0.3 is 9.84 Å². The van der Waals surface area contributed by atoms with Gasteiger partial charge in [0.1, 0.15) is 0 Å². The standard InChI is InChI=1S/C10H20O2/c1-7(2)10(11)9-4-5-12-6-8(9)3/h7-11H,4-6H2,1-3H3. The third kappa shape index (κ3) is 2.20. The molecule has 0 aromatic rings. The minimum atomic E-state index is -0.149. The molecule has 0 bridgehead atoms. The topological polar surface area (TPSA) is 29.5 Å². The Kier molecular flexibility index (Phi) is 3.53. The molecule has 3 atom stereocenters. The van der Waals surface area contributed by atoms with Gasteiger partial charge in [-0.05, 0) is 24.2 Å². The van der Waals surface area contributed by atoms with Crippen molar-refractivity contribution in [3.63, 3.8) is 0 Å².